The molecule has 2 atom stereocenters. The predicted molar refractivity (Wildman–Crippen MR) is 76.3 cm³/mol. The summed E-state index contributed by atoms with van der Waals surface area (Å²) >= 11 is 0. The molecule has 0 bridgehead atoms. The van der Waals surface area contributed by atoms with Crippen LogP contribution in [0, 0.1) is 0 Å². The van der Waals surface area contributed by atoms with Crippen molar-refractivity contribution in [2.75, 3.05) is 6.54 Å². The van der Waals surface area contributed by atoms with Crippen LogP contribution in [0.2, 0.25) is 0 Å². The lowest BCUT2D eigenvalue weighted by Crippen LogP contribution is -2.30. The van der Waals surface area contributed by atoms with Crippen molar-refractivity contribution in [2.24, 2.45) is 0 Å². The van der Waals surface area contributed by atoms with Crippen LogP contribution in [0.15, 0.2) is 39.4 Å². The summed E-state index contributed by atoms with van der Waals surface area (Å²) in [5, 5.41) is 19.3. The summed E-state index contributed by atoms with van der Waals surface area (Å²) in [4.78, 5) is 2.33. The fourth-order valence-electron chi connectivity index (χ4n) is 3.02. The molecule has 0 radical (unpaired) electrons. The van der Waals surface area contributed by atoms with Crippen LogP contribution >= 0.6 is 0 Å². The summed E-state index contributed by atoms with van der Waals surface area (Å²) in [6.07, 6.45) is 3.90. The first-order valence-corrected chi connectivity index (χ1v) is 7.40. The number of furan rings is 2. The lowest BCUT2D eigenvalue weighted by molar-refractivity contribution is 0.0966. The van der Waals surface area contributed by atoms with Crippen LogP contribution in [-0.4, -0.2) is 27.7 Å². The number of hydrogen-bond acceptors (Lipinski definition) is 5. The fraction of sp³-hybridized carbons (Fsp3) is 0.500. The largest absolute Gasteiger partial charge is 0.467 e. The van der Waals surface area contributed by atoms with Gasteiger partial charge < -0.3 is 19.0 Å². The summed E-state index contributed by atoms with van der Waals surface area (Å²) in [5.74, 6) is 2.08. The molecule has 0 aliphatic carbocycles. The van der Waals surface area contributed by atoms with Gasteiger partial charge in [0.15, 0.2) is 0 Å². The molecule has 3 rings (SSSR count). The van der Waals surface area contributed by atoms with Crippen LogP contribution < -0.4 is 0 Å². The van der Waals surface area contributed by atoms with Crippen molar-refractivity contribution in [3.8, 4) is 0 Å². The Kier molecular flexibility index (Phi) is 4.43. The SMILES string of the molecule is OCc1ccc(CN2CCCC2CC(O)c2ccco2)o1. The van der Waals surface area contributed by atoms with Gasteiger partial charge in [0, 0.05) is 6.04 Å². The summed E-state index contributed by atoms with van der Waals surface area (Å²) in [7, 11) is 0. The van der Waals surface area contributed by atoms with E-state index < -0.39 is 6.10 Å². The van der Waals surface area contributed by atoms with E-state index in [2.05, 4.69) is 4.90 Å². The van der Waals surface area contributed by atoms with Crippen molar-refractivity contribution in [3.05, 3.63) is 47.8 Å². The molecule has 5 nitrogen and oxygen atoms in total. The summed E-state index contributed by atoms with van der Waals surface area (Å²) < 4.78 is 10.8. The summed E-state index contributed by atoms with van der Waals surface area (Å²) in [6.45, 7) is 1.65. The van der Waals surface area contributed by atoms with Crippen LogP contribution in [-0.2, 0) is 13.2 Å². The van der Waals surface area contributed by atoms with Gasteiger partial charge >= 0.3 is 0 Å². The van der Waals surface area contributed by atoms with Crippen LogP contribution in [0.1, 0.15) is 42.6 Å². The Hall–Kier alpha value is -1.56. The second-order valence-electron chi connectivity index (χ2n) is 5.56. The first kappa shape index (κ1) is 14.4. The highest BCUT2D eigenvalue weighted by Gasteiger charge is 2.28. The van der Waals surface area contributed by atoms with Crippen LogP contribution in [0.5, 0.6) is 0 Å². The van der Waals surface area contributed by atoms with Crippen molar-refractivity contribution in [3.63, 3.8) is 0 Å². The Balaban J connectivity index is 1.60. The number of hydrogen-bond donors (Lipinski definition) is 2. The van der Waals surface area contributed by atoms with Crippen LogP contribution in [0.25, 0.3) is 0 Å². The number of rotatable bonds is 6. The molecule has 0 saturated carbocycles. The number of likely N-dealkylation sites (tertiary alicyclic amines) is 1. The maximum Gasteiger partial charge on any atom is 0.132 e. The highest BCUT2D eigenvalue weighted by atomic mass is 16.4. The van der Waals surface area contributed by atoms with E-state index in [1.807, 2.05) is 12.1 Å². The maximum atomic E-state index is 10.2. The Labute approximate surface area is 123 Å². The molecule has 21 heavy (non-hydrogen) atoms. The molecule has 2 unspecified atom stereocenters. The fourth-order valence-corrected chi connectivity index (χ4v) is 3.02. The molecule has 0 amide bonds. The van der Waals surface area contributed by atoms with Gasteiger partial charge in [0.1, 0.15) is 30.0 Å². The number of nitrogens with zero attached hydrogens (tertiary/aromatic N) is 1. The molecular weight excluding hydrogens is 270 g/mol. The minimum Gasteiger partial charge on any atom is -0.467 e. The Morgan fingerprint density at radius 3 is 2.86 bits per heavy atom. The average molecular weight is 291 g/mol. The molecule has 2 N–H and O–H groups in total. The zero-order valence-corrected chi connectivity index (χ0v) is 11.9. The van der Waals surface area contributed by atoms with Gasteiger partial charge in [-0.2, -0.15) is 0 Å². The van der Waals surface area contributed by atoms with E-state index in [1.54, 1.807) is 18.4 Å². The lowest BCUT2D eigenvalue weighted by Gasteiger charge is -2.25. The lowest BCUT2D eigenvalue weighted by atomic mass is 10.1. The van der Waals surface area contributed by atoms with Gasteiger partial charge in [-0.3, -0.25) is 4.90 Å². The molecule has 0 aromatic carbocycles. The molecule has 1 aliphatic rings. The zero-order valence-electron chi connectivity index (χ0n) is 11.9. The van der Waals surface area contributed by atoms with E-state index in [1.165, 1.54) is 0 Å². The molecule has 2 aromatic rings. The molecule has 2 aromatic heterocycles. The van der Waals surface area contributed by atoms with Gasteiger partial charge in [-0.25, -0.2) is 0 Å². The predicted octanol–water partition coefficient (Wildman–Crippen LogP) is 2.45. The highest BCUT2D eigenvalue weighted by Crippen LogP contribution is 2.29. The minimum absolute atomic E-state index is 0.0688. The molecule has 1 fully saturated rings. The Morgan fingerprint density at radius 2 is 2.14 bits per heavy atom. The van der Waals surface area contributed by atoms with E-state index in [0.29, 0.717) is 24.0 Å². The monoisotopic (exact) mass is 291 g/mol. The van der Waals surface area contributed by atoms with Gasteiger partial charge in [-0.05, 0) is 50.1 Å². The van der Waals surface area contributed by atoms with Gasteiger partial charge in [0.05, 0.1) is 12.8 Å². The topological polar surface area (TPSA) is 70.0 Å². The van der Waals surface area contributed by atoms with Crippen LogP contribution in [0.4, 0.5) is 0 Å². The molecule has 114 valence electrons. The van der Waals surface area contributed by atoms with E-state index in [-0.39, 0.29) is 6.61 Å². The van der Waals surface area contributed by atoms with Gasteiger partial charge in [0.2, 0.25) is 0 Å². The number of aliphatic hydroxyl groups is 2. The second-order valence-corrected chi connectivity index (χ2v) is 5.56. The normalized spacial score (nSPS) is 21.0. The maximum absolute atomic E-state index is 10.2. The first-order valence-electron chi connectivity index (χ1n) is 7.40. The zero-order chi connectivity index (χ0) is 14.7. The van der Waals surface area contributed by atoms with Gasteiger partial charge in [-0.1, -0.05) is 0 Å². The molecule has 3 heterocycles. The van der Waals surface area contributed by atoms with E-state index in [0.717, 1.165) is 31.7 Å². The number of aliphatic hydroxyl groups excluding tert-OH is 2. The van der Waals surface area contributed by atoms with Crippen molar-refractivity contribution < 1.29 is 19.0 Å². The smallest absolute Gasteiger partial charge is 0.132 e. The van der Waals surface area contributed by atoms with Crippen molar-refractivity contribution >= 4 is 0 Å². The van der Waals surface area contributed by atoms with Gasteiger partial charge in [0.25, 0.3) is 0 Å². The Morgan fingerprint density at radius 1 is 1.29 bits per heavy atom. The third-order valence-electron chi connectivity index (χ3n) is 4.10. The van der Waals surface area contributed by atoms with Crippen LogP contribution in [0.3, 0.4) is 0 Å². The molecule has 1 aliphatic heterocycles. The van der Waals surface area contributed by atoms with Crippen molar-refractivity contribution in [2.45, 2.75) is 44.6 Å². The standard InChI is InChI=1S/C16H21NO4/c18-11-14-6-5-13(21-14)10-17-7-1-3-12(17)9-15(19)16-4-2-8-20-16/h2,4-6,8,12,15,18-19H,1,3,7,9-11H2. The van der Waals surface area contributed by atoms with E-state index in [4.69, 9.17) is 13.9 Å². The molecule has 0 spiro atoms. The Bertz CT molecular complexity index is 548. The first-order chi connectivity index (χ1) is 10.3. The third-order valence-corrected chi connectivity index (χ3v) is 4.10. The van der Waals surface area contributed by atoms with E-state index in [9.17, 15) is 5.11 Å². The summed E-state index contributed by atoms with van der Waals surface area (Å²) in [5.41, 5.74) is 0. The quantitative estimate of drug-likeness (QED) is 0.855. The second kappa shape index (κ2) is 6.47. The molecule has 1 saturated heterocycles. The summed E-state index contributed by atoms with van der Waals surface area (Å²) in [6, 6.07) is 7.64. The average Bonchev–Trinajstić information content (AvgIpc) is 3.21. The van der Waals surface area contributed by atoms with E-state index >= 15 is 0 Å². The molecular formula is C16H21NO4. The minimum atomic E-state index is -0.560. The highest BCUT2D eigenvalue weighted by molar-refractivity contribution is 5.07. The van der Waals surface area contributed by atoms with Gasteiger partial charge in [-0.15, -0.1) is 0 Å². The molecule has 5 heteroatoms. The van der Waals surface area contributed by atoms with Crippen molar-refractivity contribution in [1.82, 2.24) is 4.90 Å². The third kappa shape index (κ3) is 3.37. The van der Waals surface area contributed by atoms with Crippen molar-refractivity contribution in [1.29, 1.82) is 0 Å².